The number of urea groups is 1. The van der Waals surface area contributed by atoms with Gasteiger partial charge in [-0.2, -0.15) is 13.2 Å². The van der Waals surface area contributed by atoms with E-state index in [1.54, 1.807) is 10.2 Å². The van der Waals surface area contributed by atoms with Crippen LogP contribution in [0.1, 0.15) is 32.1 Å². The molecule has 0 bridgehead atoms. The number of carbonyl (C=O) groups excluding carboxylic acids is 3. The third kappa shape index (κ3) is 5.32. The van der Waals surface area contributed by atoms with Crippen molar-refractivity contribution in [3.63, 3.8) is 0 Å². The standard InChI is InChI=1S/C15H22F3N3O4/c1-25-13(23)11-6-9-4-2-3-5-10(9)21(11)7-12(22)20-14(24)19-8-15(16,17)18/h9-11H,2-8H2,1H3,(H2,19,20,22,24)/t9-,10+,11-/m0/s1. The van der Waals surface area contributed by atoms with Gasteiger partial charge in [-0.3, -0.25) is 19.8 Å². The van der Waals surface area contributed by atoms with Gasteiger partial charge >= 0.3 is 18.2 Å². The quantitative estimate of drug-likeness (QED) is 0.731. The number of alkyl halides is 3. The molecule has 1 aliphatic heterocycles. The summed E-state index contributed by atoms with van der Waals surface area (Å²) >= 11 is 0. The number of rotatable bonds is 4. The van der Waals surface area contributed by atoms with Crippen LogP contribution in [0.15, 0.2) is 0 Å². The molecule has 3 atom stereocenters. The first-order chi connectivity index (χ1) is 11.7. The zero-order valence-corrected chi connectivity index (χ0v) is 13.9. The lowest BCUT2D eigenvalue weighted by atomic mass is 9.85. The van der Waals surface area contributed by atoms with E-state index in [4.69, 9.17) is 4.74 Å². The van der Waals surface area contributed by atoms with Crippen molar-refractivity contribution in [1.82, 2.24) is 15.5 Å². The predicted octanol–water partition coefficient (Wildman–Crippen LogP) is 1.18. The van der Waals surface area contributed by atoms with Gasteiger partial charge in [-0.25, -0.2) is 4.79 Å². The molecule has 0 aromatic carbocycles. The van der Waals surface area contributed by atoms with Crippen molar-refractivity contribution in [3.8, 4) is 0 Å². The molecule has 1 saturated heterocycles. The zero-order chi connectivity index (χ0) is 18.6. The number of hydrogen-bond donors (Lipinski definition) is 2. The number of likely N-dealkylation sites (tertiary alicyclic amines) is 1. The van der Waals surface area contributed by atoms with Crippen LogP contribution in [0.25, 0.3) is 0 Å². The minimum absolute atomic E-state index is 0.0434. The molecule has 0 aromatic heterocycles. The van der Waals surface area contributed by atoms with E-state index in [0.717, 1.165) is 25.7 Å². The molecular formula is C15H22F3N3O4. The molecule has 0 radical (unpaired) electrons. The van der Waals surface area contributed by atoms with E-state index in [2.05, 4.69) is 0 Å². The van der Waals surface area contributed by atoms with Gasteiger partial charge in [0.2, 0.25) is 5.91 Å². The van der Waals surface area contributed by atoms with Crippen LogP contribution in [0.4, 0.5) is 18.0 Å². The molecule has 3 amide bonds. The molecule has 0 spiro atoms. The fourth-order valence-electron chi connectivity index (χ4n) is 3.70. The van der Waals surface area contributed by atoms with Crippen LogP contribution in [0, 0.1) is 5.92 Å². The number of esters is 1. The normalized spacial score (nSPS) is 26.6. The van der Waals surface area contributed by atoms with E-state index in [-0.39, 0.29) is 18.5 Å². The second-order valence-electron chi connectivity index (χ2n) is 6.40. The summed E-state index contributed by atoms with van der Waals surface area (Å²) in [4.78, 5) is 37.1. The fraction of sp³-hybridized carbons (Fsp3) is 0.800. The van der Waals surface area contributed by atoms with Gasteiger partial charge in [-0.1, -0.05) is 12.8 Å². The highest BCUT2D eigenvalue weighted by Crippen LogP contribution is 2.39. The highest BCUT2D eigenvalue weighted by atomic mass is 19.4. The molecule has 2 fully saturated rings. The lowest BCUT2D eigenvalue weighted by molar-refractivity contribution is -0.146. The molecule has 0 unspecified atom stereocenters. The molecule has 1 saturated carbocycles. The molecule has 1 heterocycles. The average molecular weight is 365 g/mol. The second-order valence-corrected chi connectivity index (χ2v) is 6.40. The van der Waals surface area contributed by atoms with E-state index in [9.17, 15) is 27.6 Å². The van der Waals surface area contributed by atoms with Gasteiger partial charge in [0.25, 0.3) is 0 Å². The topological polar surface area (TPSA) is 87.7 Å². The van der Waals surface area contributed by atoms with Gasteiger partial charge in [0.15, 0.2) is 0 Å². The van der Waals surface area contributed by atoms with E-state index in [1.165, 1.54) is 7.11 Å². The Morgan fingerprint density at radius 3 is 2.52 bits per heavy atom. The molecule has 142 valence electrons. The number of imide groups is 1. The maximum atomic E-state index is 12.1. The molecule has 25 heavy (non-hydrogen) atoms. The minimum atomic E-state index is -4.55. The summed E-state index contributed by atoms with van der Waals surface area (Å²) in [5.74, 6) is -0.909. The fourth-order valence-corrected chi connectivity index (χ4v) is 3.70. The van der Waals surface area contributed by atoms with Gasteiger partial charge < -0.3 is 10.1 Å². The molecule has 7 nitrogen and oxygen atoms in total. The number of halogens is 3. The van der Waals surface area contributed by atoms with Crippen molar-refractivity contribution < 1.29 is 32.3 Å². The van der Waals surface area contributed by atoms with Crippen LogP contribution in [0.2, 0.25) is 0 Å². The third-order valence-corrected chi connectivity index (χ3v) is 4.72. The van der Waals surface area contributed by atoms with Gasteiger partial charge in [0, 0.05) is 6.04 Å². The first-order valence-electron chi connectivity index (χ1n) is 8.19. The molecular weight excluding hydrogens is 343 g/mol. The SMILES string of the molecule is COC(=O)[C@@H]1C[C@@H]2CCCC[C@H]2N1CC(=O)NC(=O)NCC(F)(F)F. The monoisotopic (exact) mass is 365 g/mol. The summed E-state index contributed by atoms with van der Waals surface area (Å²) in [6, 6.07) is -1.74. The lowest BCUT2D eigenvalue weighted by Crippen LogP contribution is -2.51. The minimum Gasteiger partial charge on any atom is -0.468 e. The highest BCUT2D eigenvalue weighted by molar-refractivity contribution is 5.95. The Morgan fingerprint density at radius 2 is 1.88 bits per heavy atom. The molecule has 0 aromatic rings. The average Bonchev–Trinajstić information content (AvgIpc) is 2.90. The molecule has 2 aliphatic rings. The van der Waals surface area contributed by atoms with Gasteiger partial charge in [0.1, 0.15) is 12.6 Å². The number of amides is 3. The van der Waals surface area contributed by atoms with Crippen LogP contribution in [0.5, 0.6) is 0 Å². The van der Waals surface area contributed by atoms with Crippen LogP contribution < -0.4 is 10.6 Å². The third-order valence-electron chi connectivity index (χ3n) is 4.72. The van der Waals surface area contributed by atoms with E-state index >= 15 is 0 Å². The molecule has 1 aliphatic carbocycles. The van der Waals surface area contributed by atoms with E-state index in [0.29, 0.717) is 6.42 Å². The van der Waals surface area contributed by atoms with Crippen molar-refractivity contribution in [2.45, 2.75) is 50.4 Å². The Hall–Kier alpha value is -1.84. The van der Waals surface area contributed by atoms with Crippen LogP contribution in [-0.4, -0.2) is 61.3 Å². The van der Waals surface area contributed by atoms with E-state index < -0.39 is 36.7 Å². The number of nitrogens with one attached hydrogen (secondary N) is 2. The summed E-state index contributed by atoms with van der Waals surface area (Å²) in [6.07, 6.45) is -0.117. The van der Waals surface area contributed by atoms with Gasteiger partial charge in [-0.15, -0.1) is 0 Å². The number of ether oxygens (including phenoxy) is 1. The number of methoxy groups -OCH3 is 1. The molecule has 10 heteroatoms. The highest BCUT2D eigenvalue weighted by Gasteiger charge is 2.46. The van der Waals surface area contributed by atoms with Crippen molar-refractivity contribution in [1.29, 1.82) is 0 Å². The Morgan fingerprint density at radius 1 is 1.20 bits per heavy atom. The van der Waals surface area contributed by atoms with Crippen LogP contribution >= 0.6 is 0 Å². The number of hydrogen-bond acceptors (Lipinski definition) is 5. The summed E-state index contributed by atoms with van der Waals surface area (Å²) in [6.45, 7) is -1.76. The Labute approximate surface area is 143 Å². The first kappa shape index (κ1) is 19.5. The van der Waals surface area contributed by atoms with Crippen LogP contribution in [0.3, 0.4) is 0 Å². The summed E-state index contributed by atoms with van der Waals surface area (Å²) in [7, 11) is 1.27. The van der Waals surface area contributed by atoms with Gasteiger partial charge in [-0.05, 0) is 25.2 Å². The van der Waals surface area contributed by atoms with Crippen molar-refractivity contribution in [2.24, 2.45) is 5.92 Å². The van der Waals surface area contributed by atoms with Gasteiger partial charge in [0.05, 0.1) is 13.7 Å². The number of nitrogens with zero attached hydrogens (tertiary/aromatic N) is 1. The Kier molecular flexibility index (Phi) is 6.26. The summed E-state index contributed by atoms with van der Waals surface area (Å²) in [5.41, 5.74) is 0. The number of carbonyl (C=O) groups is 3. The maximum absolute atomic E-state index is 12.1. The first-order valence-corrected chi connectivity index (χ1v) is 8.19. The van der Waals surface area contributed by atoms with Crippen molar-refractivity contribution in [3.05, 3.63) is 0 Å². The smallest absolute Gasteiger partial charge is 0.405 e. The van der Waals surface area contributed by atoms with Crippen molar-refractivity contribution in [2.75, 3.05) is 20.2 Å². The Bertz CT molecular complexity index is 527. The summed E-state index contributed by atoms with van der Waals surface area (Å²) < 4.78 is 41.0. The maximum Gasteiger partial charge on any atom is 0.405 e. The summed E-state index contributed by atoms with van der Waals surface area (Å²) in [5, 5.41) is 3.44. The van der Waals surface area contributed by atoms with Crippen LogP contribution in [-0.2, 0) is 14.3 Å². The largest absolute Gasteiger partial charge is 0.468 e. The van der Waals surface area contributed by atoms with E-state index in [1.807, 2.05) is 5.32 Å². The lowest BCUT2D eigenvalue weighted by Gasteiger charge is -2.32. The zero-order valence-electron chi connectivity index (χ0n) is 13.9. The molecule has 2 N–H and O–H groups in total. The Balaban J connectivity index is 1.94. The second kappa shape index (κ2) is 8.03. The van der Waals surface area contributed by atoms with Crippen molar-refractivity contribution >= 4 is 17.9 Å². The molecule has 2 rings (SSSR count). The number of fused-ring (bicyclic) bond motifs is 1. The predicted molar refractivity (Wildman–Crippen MR) is 80.5 cm³/mol.